The standard InChI is InChI=1S/C11H18N2O/c1-8(2)10-7-11(14-13-10)9-3-5-12-6-4-9/h7-9,12H,3-6H2,1-2H3. The van der Waals surface area contributed by atoms with E-state index in [9.17, 15) is 0 Å². The van der Waals surface area contributed by atoms with Crippen molar-refractivity contribution in [2.75, 3.05) is 13.1 Å². The Morgan fingerprint density at radius 2 is 2.14 bits per heavy atom. The summed E-state index contributed by atoms with van der Waals surface area (Å²) in [5.74, 6) is 2.13. The fourth-order valence-corrected chi connectivity index (χ4v) is 1.87. The molecule has 0 aliphatic carbocycles. The number of rotatable bonds is 2. The highest BCUT2D eigenvalue weighted by Crippen LogP contribution is 2.27. The van der Waals surface area contributed by atoms with Crippen LogP contribution in [0.3, 0.4) is 0 Å². The molecule has 0 amide bonds. The van der Waals surface area contributed by atoms with Gasteiger partial charge in [0.25, 0.3) is 0 Å². The van der Waals surface area contributed by atoms with Crippen molar-refractivity contribution in [3.8, 4) is 0 Å². The molecule has 0 unspecified atom stereocenters. The molecule has 1 aliphatic heterocycles. The number of hydrogen-bond donors (Lipinski definition) is 1. The molecule has 78 valence electrons. The minimum absolute atomic E-state index is 0.467. The molecular formula is C11H18N2O. The van der Waals surface area contributed by atoms with Crippen molar-refractivity contribution in [1.29, 1.82) is 0 Å². The van der Waals surface area contributed by atoms with E-state index >= 15 is 0 Å². The van der Waals surface area contributed by atoms with E-state index < -0.39 is 0 Å². The van der Waals surface area contributed by atoms with Crippen LogP contribution in [0.25, 0.3) is 0 Å². The summed E-state index contributed by atoms with van der Waals surface area (Å²) in [7, 11) is 0. The molecule has 0 bridgehead atoms. The lowest BCUT2D eigenvalue weighted by molar-refractivity contribution is 0.323. The summed E-state index contributed by atoms with van der Waals surface area (Å²) < 4.78 is 5.39. The van der Waals surface area contributed by atoms with E-state index in [0.29, 0.717) is 11.8 Å². The predicted molar refractivity (Wildman–Crippen MR) is 55.4 cm³/mol. The first-order valence-corrected chi connectivity index (χ1v) is 5.44. The van der Waals surface area contributed by atoms with Gasteiger partial charge in [0.1, 0.15) is 5.76 Å². The molecule has 2 rings (SSSR count). The van der Waals surface area contributed by atoms with Crippen LogP contribution < -0.4 is 5.32 Å². The quantitative estimate of drug-likeness (QED) is 0.784. The van der Waals surface area contributed by atoms with Crippen molar-refractivity contribution in [3.05, 3.63) is 17.5 Å². The number of piperidine rings is 1. The highest BCUT2D eigenvalue weighted by atomic mass is 16.5. The topological polar surface area (TPSA) is 38.1 Å². The Bertz CT molecular complexity index is 287. The Morgan fingerprint density at radius 3 is 2.71 bits per heavy atom. The molecule has 2 heterocycles. The third-order valence-electron chi connectivity index (χ3n) is 2.88. The van der Waals surface area contributed by atoms with Crippen LogP contribution in [0.2, 0.25) is 0 Å². The number of hydrogen-bond acceptors (Lipinski definition) is 3. The maximum absolute atomic E-state index is 5.39. The normalized spacial score (nSPS) is 19.1. The first-order valence-electron chi connectivity index (χ1n) is 5.44. The van der Waals surface area contributed by atoms with Gasteiger partial charge < -0.3 is 9.84 Å². The van der Waals surface area contributed by atoms with Crippen molar-refractivity contribution in [2.45, 2.75) is 38.5 Å². The predicted octanol–water partition coefficient (Wildman–Crippen LogP) is 2.27. The summed E-state index contributed by atoms with van der Waals surface area (Å²) >= 11 is 0. The maximum atomic E-state index is 5.39. The van der Waals surface area contributed by atoms with Gasteiger partial charge in [0.05, 0.1) is 5.69 Å². The Hall–Kier alpha value is -0.830. The Balaban J connectivity index is 2.07. The second-order valence-electron chi connectivity index (χ2n) is 4.33. The van der Waals surface area contributed by atoms with Crippen molar-refractivity contribution >= 4 is 0 Å². The van der Waals surface area contributed by atoms with Crippen molar-refractivity contribution < 1.29 is 4.52 Å². The zero-order valence-electron chi connectivity index (χ0n) is 8.92. The SMILES string of the molecule is CC(C)c1cc(C2CCNCC2)on1. The highest BCUT2D eigenvalue weighted by molar-refractivity contribution is 5.13. The minimum Gasteiger partial charge on any atom is -0.361 e. The minimum atomic E-state index is 0.467. The lowest BCUT2D eigenvalue weighted by atomic mass is 9.95. The second kappa shape index (κ2) is 4.13. The van der Waals surface area contributed by atoms with Crippen molar-refractivity contribution in [1.82, 2.24) is 10.5 Å². The van der Waals surface area contributed by atoms with Crippen LogP contribution in [0.5, 0.6) is 0 Å². The fourth-order valence-electron chi connectivity index (χ4n) is 1.87. The number of nitrogens with zero attached hydrogens (tertiary/aromatic N) is 1. The van der Waals surface area contributed by atoms with Crippen molar-refractivity contribution in [3.63, 3.8) is 0 Å². The first kappa shape index (κ1) is 9.71. The molecule has 0 aromatic carbocycles. The van der Waals surface area contributed by atoms with Crippen molar-refractivity contribution in [2.24, 2.45) is 0 Å². The lowest BCUT2D eigenvalue weighted by Gasteiger charge is -2.19. The monoisotopic (exact) mass is 194 g/mol. The molecule has 0 saturated carbocycles. The van der Waals surface area contributed by atoms with E-state index in [1.165, 1.54) is 12.8 Å². The van der Waals surface area contributed by atoms with Gasteiger partial charge in [0.15, 0.2) is 0 Å². The molecule has 1 fully saturated rings. The zero-order chi connectivity index (χ0) is 9.97. The summed E-state index contributed by atoms with van der Waals surface area (Å²) in [5.41, 5.74) is 1.08. The molecule has 1 aromatic rings. The smallest absolute Gasteiger partial charge is 0.140 e. The van der Waals surface area contributed by atoms with Crippen LogP contribution in [-0.2, 0) is 0 Å². The average molecular weight is 194 g/mol. The summed E-state index contributed by atoms with van der Waals surface area (Å²) in [6, 6.07) is 2.13. The van der Waals surface area contributed by atoms with Gasteiger partial charge in [-0.2, -0.15) is 0 Å². The van der Waals surface area contributed by atoms with Gasteiger partial charge in [-0.1, -0.05) is 19.0 Å². The van der Waals surface area contributed by atoms with Crippen LogP contribution in [0.15, 0.2) is 10.6 Å². The fraction of sp³-hybridized carbons (Fsp3) is 0.727. The molecule has 1 aromatic heterocycles. The van der Waals surface area contributed by atoms with E-state index in [2.05, 4.69) is 30.4 Å². The molecule has 1 N–H and O–H groups in total. The van der Waals surface area contributed by atoms with E-state index in [4.69, 9.17) is 4.52 Å². The summed E-state index contributed by atoms with van der Waals surface area (Å²) in [6.07, 6.45) is 2.35. The van der Waals surface area contributed by atoms with Crippen LogP contribution in [0, 0.1) is 0 Å². The van der Waals surface area contributed by atoms with Gasteiger partial charge in [-0.15, -0.1) is 0 Å². The molecule has 0 radical (unpaired) electrons. The first-order chi connectivity index (χ1) is 6.77. The Kier molecular flexibility index (Phi) is 2.87. The maximum Gasteiger partial charge on any atom is 0.140 e. The second-order valence-corrected chi connectivity index (χ2v) is 4.33. The van der Waals surface area contributed by atoms with E-state index in [1.54, 1.807) is 0 Å². The van der Waals surface area contributed by atoms with Crippen LogP contribution in [-0.4, -0.2) is 18.2 Å². The highest BCUT2D eigenvalue weighted by Gasteiger charge is 2.20. The summed E-state index contributed by atoms with van der Waals surface area (Å²) in [6.45, 7) is 6.48. The summed E-state index contributed by atoms with van der Waals surface area (Å²) in [5, 5.41) is 7.45. The third-order valence-corrected chi connectivity index (χ3v) is 2.88. The van der Waals surface area contributed by atoms with Gasteiger partial charge in [0.2, 0.25) is 0 Å². The van der Waals surface area contributed by atoms with E-state index in [-0.39, 0.29) is 0 Å². The van der Waals surface area contributed by atoms with Gasteiger partial charge in [-0.3, -0.25) is 0 Å². The third kappa shape index (κ3) is 1.98. The lowest BCUT2D eigenvalue weighted by Crippen LogP contribution is -2.26. The van der Waals surface area contributed by atoms with E-state index in [0.717, 1.165) is 24.5 Å². The largest absolute Gasteiger partial charge is 0.361 e. The molecule has 0 spiro atoms. The van der Waals surface area contributed by atoms with Gasteiger partial charge >= 0.3 is 0 Å². The molecule has 14 heavy (non-hydrogen) atoms. The Morgan fingerprint density at radius 1 is 1.43 bits per heavy atom. The molecule has 1 saturated heterocycles. The van der Waals surface area contributed by atoms with Crippen LogP contribution in [0.4, 0.5) is 0 Å². The van der Waals surface area contributed by atoms with Gasteiger partial charge in [0, 0.05) is 12.0 Å². The zero-order valence-corrected chi connectivity index (χ0v) is 8.92. The number of aromatic nitrogens is 1. The van der Waals surface area contributed by atoms with Gasteiger partial charge in [-0.25, -0.2) is 0 Å². The van der Waals surface area contributed by atoms with Crippen LogP contribution >= 0.6 is 0 Å². The van der Waals surface area contributed by atoms with E-state index in [1.807, 2.05) is 0 Å². The molecule has 3 heteroatoms. The summed E-state index contributed by atoms with van der Waals surface area (Å²) in [4.78, 5) is 0. The molecule has 1 aliphatic rings. The number of nitrogens with one attached hydrogen (secondary N) is 1. The molecule has 0 atom stereocenters. The van der Waals surface area contributed by atoms with Crippen LogP contribution in [0.1, 0.15) is 50.0 Å². The molecular weight excluding hydrogens is 176 g/mol. The Labute approximate surface area is 84.9 Å². The average Bonchev–Trinajstić information content (AvgIpc) is 2.68. The molecule has 3 nitrogen and oxygen atoms in total. The van der Waals surface area contributed by atoms with Gasteiger partial charge in [-0.05, 0) is 31.8 Å².